The molecule has 1 unspecified atom stereocenters. The zero-order chi connectivity index (χ0) is 24.1. The van der Waals surface area contributed by atoms with Crippen LogP contribution in [0.25, 0.3) is 11.1 Å². The van der Waals surface area contributed by atoms with E-state index >= 15 is 0 Å². The van der Waals surface area contributed by atoms with Crippen LogP contribution < -0.4 is 5.32 Å². The molecule has 0 saturated carbocycles. The van der Waals surface area contributed by atoms with Crippen LogP contribution in [0.2, 0.25) is 0 Å². The number of amides is 1. The summed E-state index contributed by atoms with van der Waals surface area (Å²) < 4.78 is 16.2. The first-order valence-corrected chi connectivity index (χ1v) is 12.2. The topological polar surface area (TPSA) is 79.2 Å². The number of carbonyl (C=O) groups is 1. The summed E-state index contributed by atoms with van der Waals surface area (Å²) in [5.74, 6) is 0.112. The number of piperidine rings is 1. The summed E-state index contributed by atoms with van der Waals surface area (Å²) in [5, 5.41) is 7.93. The third kappa shape index (κ3) is 5.98. The Hall–Kier alpha value is -2.85. The summed E-state index contributed by atoms with van der Waals surface area (Å²) in [4.78, 5) is 26.3. The van der Waals surface area contributed by atoms with Gasteiger partial charge in [0.05, 0.1) is 11.0 Å². The lowest BCUT2D eigenvalue weighted by Crippen LogP contribution is -2.47. The van der Waals surface area contributed by atoms with E-state index in [1.54, 1.807) is 29.2 Å². The molecule has 3 aromatic rings. The fourth-order valence-electron chi connectivity index (χ4n) is 4.07. The Bertz CT molecular complexity index is 1100. The Morgan fingerprint density at radius 3 is 2.65 bits per heavy atom. The number of benzene rings is 1. The third-order valence-corrected chi connectivity index (χ3v) is 6.31. The maximum atomic E-state index is 13.8. The van der Waals surface area contributed by atoms with Gasteiger partial charge in [-0.15, -0.1) is 0 Å². The van der Waals surface area contributed by atoms with E-state index in [1.807, 2.05) is 25.2 Å². The Morgan fingerprint density at radius 1 is 1.21 bits per heavy atom. The lowest BCUT2D eigenvalue weighted by molar-refractivity contribution is 0.0622. The molecule has 0 aliphatic carbocycles. The van der Waals surface area contributed by atoms with Gasteiger partial charge in [-0.05, 0) is 67.0 Å². The summed E-state index contributed by atoms with van der Waals surface area (Å²) in [5.41, 5.74) is 1.89. The summed E-state index contributed by atoms with van der Waals surface area (Å²) in [6.45, 7) is 2.67. The van der Waals surface area contributed by atoms with Gasteiger partial charge in [-0.3, -0.25) is 9.48 Å². The number of aromatic nitrogens is 4. The van der Waals surface area contributed by atoms with Gasteiger partial charge < -0.3 is 15.1 Å². The second-order valence-corrected chi connectivity index (χ2v) is 9.63. The highest BCUT2D eigenvalue weighted by molar-refractivity contribution is 9.10. The van der Waals surface area contributed by atoms with Gasteiger partial charge in [-0.25, -0.2) is 14.4 Å². The largest absolute Gasteiger partial charge is 0.352 e. The third-order valence-electron chi connectivity index (χ3n) is 5.90. The van der Waals surface area contributed by atoms with E-state index in [0.29, 0.717) is 31.3 Å². The number of halogens is 2. The number of likely N-dealkylation sites (N-methyl/N-ethyl adjacent to an activating group) is 1. The van der Waals surface area contributed by atoms with Gasteiger partial charge in [-0.1, -0.05) is 12.1 Å². The van der Waals surface area contributed by atoms with Gasteiger partial charge in [0.1, 0.15) is 5.82 Å². The molecule has 34 heavy (non-hydrogen) atoms. The molecule has 10 heteroatoms. The second-order valence-electron chi connectivity index (χ2n) is 8.72. The summed E-state index contributed by atoms with van der Waals surface area (Å²) >= 11 is 3.34. The molecule has 180 valence electrons. The van der Waals surface area contributed by atoms with Crippen molar-refractivity contribution in [2.45, 2.75) is 31.8 Å². The minimum absolute atomic E-state index is 0.00138. The molecule has 0 bridgehead atoms. The van der Waals surface area contributed by atoms with E-state index in [-0.39, 0.29) is 17.8 Å². The summed E-state index contributed by atoms with van der Waals surface area (Å²) in [6, 6.07) is 6.21. The van der Waals surface area contributed by atoms with E-state index in [0.717, 1.165) is 41.4 Å². The predicted molar refractivity (Wildman–Crippen MR) is 133 cm³/mol. The van der Waals surface area contributed by atoms with Crippen molar-refractivity contribution in [2.75, 3.05) is 39.0 Å². The molecule has 3 heterocycles. The van der Waals surface area contributed by atoms with Gasteiger partial charge in [-0.2, -0.15) is 5.10 Å². The first kappa shape index (κ1) is 24.3. The Kier molecular flexibility index (Phi) is 7.89. The SMILES string of the molecule is CN(C)CCn1cc(-c2ccc(F)cc2)c(C(=O)N2CCCCC2CNc2ncc(Br)cn2)n1. The molecule has 1 aromatic carbocycles. The molecule has 1 aliphatic rings. The maximum absolute atomic E-state index is 13.8. The van der Waals surface area contributed by atoms with E-state index in [4.69, 9.17) is 0 Å². The van der Waals surface area contributed by atoms with Crippen molar-refractivity contribution in [1.82, 2.24) is 29.5 Å². The maximum Gasteiger partial charge on any atom is 0.275 e. The number of likely N-dealkylation sites (tertiary alicyclic amines) is 1. The van der Waals surface area contributed by atoms with E-state index in [1.165, 1.54) is 12.1 Å². The number of anilines is 1. The zero-order valence-corrected chi connectivity index (χ0v) is 21.0. The van der Waals surface area contributed by atoms with Crippen molar-refractivity contribution in [2.24, 2.45) is 0 Å². The number of nitrogens with one attached hydrogen (secondary N) is 1. The van der Waals surface area contributed by atoms with Gasteiger partial charge in [0.2, 0.25) is 5.95 Å². The van der Waals surface area contributed by atoms with Crippen molar-refractivity contribution >= 4 is 27.8 Å². The van der Waals surface area contributed by atoms with Crippen LogP contribution in [0, 0.1) is 5.82 Å². The highest BCUT2D eigenvalue weighted by Crippen LogP contribution is 2.27. The quantitative estimate of drug-likeness (QED) is 0.476. The normalized spacial score (nSPS) is 16.1. The lowest BCUT2D eigenvalue weighted by Gasteiger charge is -2.35. The minimum atomic E-state index is -0.311. The summed E-state index contributed by atoms with van der Waals surface area (Å²) in [6.07, 6.45) is 8.16. The fraction of sp³-hybridized carbons (Fsp3) is 0.417. The van der Waals surface area contributed by atoms with Crippen LogP contribution in [0.4, 0.5) is 10.3 Å². The average Bonchev–Trinajstić information content (AvgIpc) is 3.27. The van der Waals surface area contributed by atoms with E-state index in [9.17, 15) is 9.18 Å². The van der Waals surface area contributed by atoms with Crippen molar-refractivity contribution in [3.63, 3.8) is 0 Å². The Balaban J connectivity index is 1.58. The lowest BCUT2D eigenvalue weighted by atomic mass is 10.00. The number of rotatable bonds is 8. The fourth-order valence-corrected chi connectivity index (χ4v) is 4.27. The molecule has 0 radical (unpaired) electrons. The molecular weight excluding hydrogens is 501 g/mol. The van der Waals surface area contributed by atoms with Crippen LogP contribution in [0.3, 0.4) is 0 Å². The molecule has 1 atom stereocenters. The second kappa shape index (κ2) is 11.1. The molecule has 1 aliphatic heterocycles. The van der Waals surface area contributed by atoms with E-state index < -0.39 is 0 Å². The molecule has 1 amide bonds. The highest BCUT2D eigenvalue weighted by Gasteiger charge is 2.31. The molecular formula is C24H29BrFN7O. The highest BCUT2D eigenvalue weighted by atomic mass is 79.9. The molecule has 1 fully saturated rings. The number of nitrogens with zero attached hydrogens (tertiary/aromatic N) is 6. The number of hydrogen-bond acceptors (Lipinski definition) is 6. The predicted octanol–water partition coefficient (Wildman–Crippen LogP) is 3.91. The number of carbonyl (C=O) groups excluding carboxylic acids is 1. The number of hydrogen-bond donors (Lipinski definition) is 1. The van der Waals surface area contributed by atoms with Crippen LogP contribution in [0.15, 0.2) is 47.3 Å². The van der Waals surface area contributed by atoms with Crippen LogP contribution in [-0.4, -0.2) is 75.2 Å². The van der Waals surface area contributed by atoms with Crippen molar-refractivity contribution < 1.29 is 9.18 Å². The Morgan fingerprint density at radius 2 is 1.94 bits per heavy atom. The monoisotopic (exact) mass is 529 g/mol. The van der Waals surface area contributed by atoms with Gasteiger partial charge in [0, 0.05) is 49.8 Å². The van der Waals surface area contributed by atoms with Gasteiger partial charge in [0.15, 0.2) is 5.69 Å². The average molecular weight is 530 g/mol. The van der Waals surface area contributed by atoms with Crippen molar-refractivity contribution in [1.29, 1.82) is 0 Å². The van der Waals surface area contributed by atoms with E-state index in [2.05, 4.69) is 41.2 Å². The zero-order valence-electron chi connectivity index (χ0n) is 19.4. The molecule has 1 N–H and O–H groups in total. The molecule has 2 aromatic heterocycles. The molecule has 4 rings (SSSR count). The van der Waals surface area contributed by atoms with Gasteiger partial charge in [0.25, 0.3) is 5.91 Å². The van der Waals surface area contributed by atoms with Crippen molar-refractivity contribution in [3.8, 4) is 11.1 Å². The van der Waals surface area contributed by atoms with Crippen LogP contribution >= 0.6 is 15.9 Å². The standard InChI is InChI=1S/C24H29BrFN7O/c1-31(2)11-12-32-16-21(17-6-8-19(26)9-7-17)22(30-32)23(34)33-10-4-3-5-20(33)15-29-24-27-13-18(25)14-28-24/h6-9,13-14,16,20H,3-5,10-12,15H2,1-2H3,(H,27,28,29). The molecule has 8 nitrogen and oxygen atoms in total. The molecule has 1 saturated heterocycles. The molecule has 0 spiro atoms. The summed E-state index contributed by atoms with van der Waals surface area (Å²) in [7, 11) is 3.99. The van der Waals surface area contributed by atoms with Crippen LogP contribution in [0.1, 0.15) is 29.8 Å². The smallest absolute Gasteiger partial charge is 0.275 e. The minimum Gasteiger partial charge on any atom is -0.352 e. The van der Waals surface area contributed by atoms with Crippen LogP contribution in [0.5, 0.6) is 0 Å². The first-order valence-electron chi connectivity index (χ1n) is 11.4. The van der Waals surface area contributed by atoms with Crippen molar-refractivity contribution in [3.05, 3.63) is 58.8 Å². The first-order chi connectivity index (χ1) is 16.4. The Labute approximate surface area is 207 Å². The van der Waals surface area contributed by atoms with Crippen LogP contribution in [-0.2, 0) is 6.54 Å². The van der Waals surface area contributed by atoms with Gasteiger partial charge >= 0.3 is 0 Å².